The van der Waals surface area contributed by atoms with E-state index in [0.717, 1.165) is 19.3 Å². The summed E-state index contributed by atoms with van der Waals surface area (Å²) in [6.07, 6.45) is 3.43. The summed E-state index contributed by atoms with van der Waals surface area (Å²) in [6, 6.07) is 3.70. The number of hydrogen-bond donors (Lipinski definition) is 2. The largest absolute Gasteiger partial charge is 0.385 e. The zero-order valence-corrected chi connectivity index (χ0v) is 12.5. The van der Waals surface area contributed by atoms with Gasteiger partial charge in [-0.15, -0.1) is 11.3 Å². The molecule has 0 saturated carbocycles. The maximum Gasteiger partial charge on any atom is 0.237 e. The normalized spacial score (nSPS) is 14.1. The van der Waals surface area contributed by atoms with Gasteiger partial charge in [-0.05, 0) is 30.7 Å². The van der Waals surface area contributed by atoms with Crippen LogP contribution in [0.25, 0.3) is 0 Å². The third-order valence-electron chi connectivity index (χ3n) is 2.98. The lowest BCUT2D eigenvalue weighted by Crippen LogP contribution is -2.42. The minimum Gasteiger partial charge on any atom is -0.385 e. The SMILES string of the molecule is CCCC(NC(=O)C(N)CCCOC)c1cccs1. The second-order valence-electron chi connectivity index (χ2n) is 4.61. The van der Waals surface area contributed by atoms with E-state index in [9.17, 15) is 4.79 Å². The van der Waals surface area contributed by atoms with Gasteiger partial charge in [0.2, 0.25) is 5.91 Å². The number of methoxy groups -OCH3 is 1. The monoisotopic (exact) mass is 284 g/mol. The summed E-state index contributed by atoms with van der Waals surface area (Å²) in [6.45, 7) is 2.76. The maximum atomic E-state index is 12.0. The van der Waals surface area contributed by atoms with E-state index in [0.29, 0.717) is 13.0 Å². The average molecular weight is 284 g/mol. The van der Waals surface area contributed by atoms with Gasteiger partial charge in [0.25, 0.3) is 0 Å². The van der Waals surface area contributed by atoms with Gasteiger partial charge in [0.05, 0.1) is 12.1 Å². The number of carbonyl (C=O) groups is 1. The second kappa shape index (κ2) is 9.07. The van der Waals surface area contributed by atoms with Crippen LogP contribution < -0.4 is 11.1 Å². The maximum absolute atomic E-state index is 12.0. The first-order valence-electron chi connectivity index (χ1n) is 6.77. The van der Waals surface area contributed by atoms with Crippen LogP contribution in [0.1, 0.15) is 43.5 Å². The second-order valence-corrected chi connectivity index (χ2v) is 5.59. The van der Waals surface area contributed by atoms with Crippen molar-refractivity contribution in [3.8, 4) is 0 Å². The average Bonchev–Trinajstić information content (AvgIpc) is 2.92. The number of carbonyl (C=O) groups excluding carboxylic acids is 1. The van der Waals surface area contributed by atoms with Crippen LogP contribution in [-0.2, 0) is 9.53 Å². The number of nitrogens with one attached hydrogen (secondary N) is 1. The van der Waals surface area contributed by atoms with Crippen molar-refractivity contribution in [1.82, 2.24) is 5.32 Å². The standard InChI is InChI=1S/C14H24N2O2S/c1-3-6-12(13-8-5-10-19-13)16-14(17)11(15)7-4-9-18-2/h5,8,10-12H,3-4,6-7,9,15H2,1-2H3,(H,16,17). The van der Waals surface area contributed by atoms with Gasteiger partial charge in [-0.3, -0.25) is 4.79 Å². The fourth-order valence-electron chi connectivity index (χ4n) is 1.92. The number of hydrogen-bond acceptors (Lipinski definition) is 4. The van der Waals surface area contributed by atoms with E-state index < -0.39 is 6.04 Å². The Morgan fingerprint density at radius 3 is 2.89 bits per heavy atom. The van der Waals surface area contributed by atoms with Crippen LogP contribution in [0.3, 0.4) is 0 Å². The first-order chi connectivity index (χ1) is 9.19. The Balaban J connectivity index is 2.47. The molecule has 0 saturated heterocycles. The van der Waals surface area contributed by atoms with Gasteiger partial charge in [-0.1, -0.05) is 19.4 Å². The highest BCUT2D eigenvalue weighted by atomic mass is 32.1. The minimum atomic E-state index is -0.450. The van der Waals surface area contributed by atoms with Crippen LogP contribution in [0.5, 0.6) is 0 Å². The Morgan fingerprint density at radius 1 is 1.53 bits per heavy atom. The van der Waals surface area contributed by atoms with Crippen molar-refractivity contribution in [2.75, 3.05) is 13.7 Å². The van der Waals surface area contributed by atoms with Crippen molar-refractivity contribution in [2.45, 2.75) is 44.7 Å². The van der Waals surface area contributed by atoms with Crippen molar-refractivity contribution in [3.63, 3.8) is 0 Å². The molecule has 1 aromatic heterocycles. The van der Waals surface area contributed by atoms with E-state index in [2.05, 4.69) is 18.3 Å². The molecule has 0 bridgehead atoms. The Morgan fingerprint density at radius 2 is 2.32 bits per heavy atom. The van der Waals surface area contributed by atoms with E-state index in [-0.39, 0.29) is 11.9 Å². The number of amides is 1. The molecule has 1 heterocycles. The molecule has 2 atom stereocenters. The number of thiophene rings is 1. The lowest BCUT2D eigenvalue weighted by atomic mass is 10.1. The first-order valence-corrected chi connectivity index (χ1v) is 7.65. The van der Waals surface area contributed by atoms with E-state index in [1.54, 1.807) is 18.4 Å². The summed E-state index contributed by atoms with van der Waals surface area (Å²) >= 11 is 1.67. The molecule has 19 heavy (non-hydrogen) atoms. The molecule has 0 aliphatic rings. The minimum absolute atomic E-state index is 0.0667. The van der Waals surface area contributed by atoms with Crippen LogP contribution >= 0.6 is 11.3 Å². The molecule has 1 amide bonds. The Kier molecular flexibility index (Phi) is 7.70. The van der Waals surface area contributed by atoms with Crippen molar-refractivity contribution < 1.29 is 9.53 Å². The Hall–Kier alpha value is -0.910. The van der Waals surface area contributed by atoms with E-state index in [1.165, 1.54) is 4.88 Å². The lowest BCUT2D eigenvalue weighted by molar-refractivity contribution is -0.123. The highest BCUT2D eigenvalue weighted by Gasteiger charge is 2.19. The van der Waals surface area contributed by atoms with E-state index in [1.807, 2.05) is 11.4 Å². The summed E-state index contributed by atoms with van der Waals surface area (Å²) in [5, 5.41) is 5.08. The molecule has 108 valence electrons. The quantitative estimate of drug-likeness (QED) is 0.685. The molecule has 4 nitrogen and oxygen atoms in total. The molecule has 3 N–H and O–H groups in total. The molecule has 2 unspecified atom stereocenters. The third-order valence-corrected chi connectivity index (χ3v) is 3.97. The molecule has 0 aliphatic carbocycles. The van der Waals surface area contributed by atoms with Crippen molar-refractivity contribution in [1.29, 1.82) is 0 Å². The van der Waals surface area contributed by atoms with Crippen LogP contribution in [-0.4, -0.2) is 25.7 Å². The molecule has 5 heteroatoms. The fourth-order valence-corrected chi connectivity index (χ4v) is 2.73. The van der Waals surface area contributed by atoms with Crippen LogP contribution in [0.4, 0.5) is 0 Å². The Bertz CT molecular complexity index is 354. The predicted octanol–water partition coefficient (Wildman–Crippen LogP) is 2.46. The smallest absolute Gasteiger partial charge is 0.237 e. The van der Waals surface area contributed by atoms with Crippen molar-refractivity contribution in [2.24, 2.45) is 5.73 Å². The summed E-state index contributed by atoms with van der Waals surface area (Å²) in [4.78, 5) is 13.2. The molecule has 1 aromatic rings. The van der Waals surface area contributed by atoms with Gasteiger partial charge < -0.3 is 15.8 Å². The van der Waals surface area contributed by atoms with Crippen molar-refractivity contribution >= 4 is 17.2 Å². The zero-order valence-electron chi connectivity index (χ0n) is 11.7. The molecular formula is C14H24N2O2S. The molecule has 0 spiro atoms. The summed E-state index contributed by atoms with van der Waals surface area (Å²) < 4.78 is 4.96. The number of rotatable bonds is 9. The van der Waals surface area contributed by atoms with Crippen molar-refractivity contribution in [3.05, 3.63) is 22.4 Å². The van der Waals surface area contributed by atoms with Gasteiger partial charge in [-0.25, -0.2) is 0 Å². The molecule has 0 aliphatic heterocycles. The fraction of sp³-hybridized carbons (Fsp3) is 0.643. The highest BCUT2D eigenvalue weighted by molar-refractivity contribution is 7.10. The lowest BCUT2D eigenvalue weighted by Gasteiger charge is -2.19. The van der Waals surface area contributed by atoms with Gasteiger partial charge in [0.15, 0.2) is 0 Å². The number of ether oxygens (including phenoxy) is 1. The Labute approximate surface area is 119 Å². The highest BCUT2D eigenvalue weighted by Crippen LogP contribution is 2.23. The molecular weight excluding hydrogens is 260 g/mol. The van der Waals surface area contributed by atoms with Crippen LogP contribution in [0, 0.1) is 0 Å². The molecule has 0 fully saturated rings. The number of nitrogens with two attached hydrogens (primary N) is 1. The van der Waals surface area contributed by atoms with E-state index >= 15 is 0 Å². The van der Waals surface area contributed by atoms with E-state index in [4.69, 9.17) is 10.5 Å². The van der Waals surface area contributed by atoms with Gasteiger partial charge in [0, 0.05) is 18.6 Å². The molecule has 0 aromatic carbocycles. The summed E-state index contributed by atoms with van der Waals surface area (Å²) in [5.74, 6) is -0.0667. The third kappa shape index (κ3) is 5.72. The summed E-state index contributed by atoms with van der Waals surface area (Å²) in [7, 11) is 1.65. The van der Waals surface area contributed by atoms with Crippen LogP contribution in [0.2, 0.25) is 0 Å². The zero-order chi connectivity index (χ0) is 14.1. The topological polar surface area (TPSA) is 64.4 Å². The van der Waals surface area contributed by atoms with Gasteiger partial charge in [-0.2, -0.15) is 0 Å². The molecule has 0 radical (unpaired) electrons. The summed E-state index contributed by atoms with van der Waals surface area (Å²) in [5.41, 5.74) is 5.89. The van der Waals surface area contributed by atoms with Crippen LogP contribution in [0.15, 0.2) is 17.5 Å². The molecule has 1 rings (SSSR count). The first kappa shape index (κ1) is 16.1. The van der Waals surface area contributed by atoms with Gasteiger partial charge in [0.1, 0.15) is 0 Å². The van der Waals surface area contributed by atoms with Gasteiger partial charge >= 0.3 is 0 Å². The predicted molar refractivity (Wildman–Crippen MR) is 79.2 cm³/mol.